The van der Waals surface area contributed by atoms with Gasteiger partial charge in [-0.15, -0.1) is 0 Å². The van der Waals surface area contributed by atoms with Crippen LogP contribution in [0.2, 0.25) is 0 Å². The lowest BCUT2D eigenvalue weighted by Gasteiger charge is -2.11. The van der Waals surface area contributed by atoms with Crippen molar-refractivity contribution in [3.05, 3.63) is 47.5 Å². The van der Waals surface area contributed by atoms with Gasteiger partial charge in [-0.3, -0.25) is 0 Å². The van der Waals surface area contributed by atoms with Crippen molar-refractivity contribution in [3.63, 3.8) is 0 Å². The van der Waals surface area contributed by atoms with Gasteiger partial charge < -0.3 is 14.6 Å². The first-order valence-electron chi connectivity index (χ1n) is 7.11. The molecule has 0 unspecified atom stereocenters. The van der Waals surface area contributed by atoms with Gasteiger partial charge >= 0.3 is 0 Å². The fourth-order valence-electron chi connectivity index (χ4n) is 2.37. The second-order valence-corrected chi connectivity index (χ2v) is 5.43. The number of rotatable bonds is 6. The van der Waals surface area contributed by atoms with Gasteiger partial charge in [-0.25, -0.2) is 4.98 Å². The largest absolute Gasteiger partial charge is 0.496 e. The van der Waals surface area contributed by atoms with E-state index in [0.29, 0.717) is 6.04 Å². The van der Waals surface area contributed by atoms with Gasteiger partial charge in [0.25, 0.3) is 0 Å². The van der Waals surface area contributed by atoms with Crippen molar-refractivity contribution in [2.75, 3.05) is 7.11 Å². The van der Waals surface area contributed by atoms with Crippen molar-refractivity contribution in [2.24, 2.45) is 7.05 Å². The summed E-state index contributed by atoms with van der Waals surface area (Å²) < 4.78 is 7.51. The molecule has 1 aliphatic rings. The third-order valence-electron chi connectivity index (χ3n) is 3.79. The maximum Gasteiger partial charge on any atom is 0.123 e. The highest BCUT2D eigenvalue weighted by Gasteiger charge is 2.20. The molecule has 1 aromatic heterocycles. The Balaban J connectivity index is 1.76. The highest BCUT2D eigenvalue weighted by atomic mass is 16.5. The Hall–Kier alpha value is -1.81. The lowest BCUT2D eigenvalue weighted by Crippen LogP contribution is -2.16. The number of aromatic nitrogens is 2. The standard InChI is InChI=1S/C16H21N3O/c1-19-8-7-17-16(19)10-12-3-6-15(20-2)13(9-12)11-18-14-4-5-14/h3,6-9,14,18H,4-5,10-11H2,1-2H3. The Labute approximate surface area is 119 Å². The molecule has 3 rings (SSSR count). The van der Waals surface area contributed by atoms with Gasteiger partial charge in [0, 0.05) is 44.0 Å². The van der Waals surface area contributed by atoms with Crippen LogP contribution < -0.4 is 10.1 Å². The van der Waals surface area contributed by atoms with Gasteiger partial charge in [-0.2, -0.15) is 0 Å². The SMILES string of the molecule is COc1ccc(Cc2nccn2C)cc1CNC1CC1. The van der Waals surface area contributed by atoms with Crippen LogP contribution in [0.25, 0.3) is 0 Å². The molecule has 0 radical (unpaired) electrons. The number of nitrogens with zero attached hydrogens (tertiary/aromatic N) is 2. The molecule has 0 spiro atoms. The van der Waals surface area contributed by atoms with Crippen molar-refractivity contribution < 1.29 is 4.74 Å². The van der Waals surface area contributed by atoms with E-state index in [-0.39, 0.29) is 0 Å². The normalized spacial score (nSPS) is 14.5. The average molecular weight is 271 g/mol. The van der Waals surface area contributed by atoms with Crippen molar-refractivity contribution in [1.82, 2.24) is 14.9 Å². The minimum atomic E-state index is 0.706. The maximum atomic E-state index is 5.45. The third-order valence-corrected chi connectivity index (χ3v) is 3.79. The second kappa shape index (κ2) is 5.67. The van der Waals surface area contributed by atoms with E-state index in [1.165, 1.54) is 24.0 Å². The van der Waals surface area contributed by atoms with Gasteiger partial charge in [0.2, 0.25) is 0 Å². The van der Waals surface area contributed by atoms with Crippen molar-refractivity contribution in [3.8, 4) is 5.75 Å². The van der Waals surface area contributed by atoms with E-state index in [1.807, 2.05) is 19.4 Å². The molecule has 0 bridgehead atoms. The van der Waals surface area contributed by atoms with E-state index in [1.54, 1.807) is 7.11 Å². The second-order valence-electron chi connectivity index (χ2n) is 5.43. The number of hydrogen-bond donors (Lipinski definition) is 1. The van der Waals surface area contributed by atoms with Crippen LogP contribution in [-0.2, 0) is 20.0 Å². The molecule has 4 heteroatoms. The van der Waals surface area contributed by atoms with Crippen LogP contribution in [0.15, 0.2) is 30.6 Å². The summed E-state index contributed by atoms with van der Waals surface area (Å²) in [5.41, 5.74) is 2.50. The zero-order chi connectivity index (χ0) is 13.9. The van der Waals surface area contributed by atoms with Crippen LogP contribution >= 0.6 is 0 Å². The highest BCUT2D eigenvalue weighted by molar-refractivity contribution is 5.38. The fourth-order valence-corrected chi connectivity index (χ4v) is 2.37. The van der Waals surface area contributed by atoms with E-state index in [2.05, 4.69) is 33.1 Å². The molecule has 4 nitrogen and oxygen atoms in total. The van der Waals surface area contributed by atoms with Crippen LogP contribution in [0.3, 0.4) is 0 Å². The van der Waals surface area contributed by atoms with E-state index in [0.717, 1.165) is 24.5 Å². The molecule has 106 valence electrons. The minimum absolute atomic E-state index is 0.706. The summed E-state index contributed by atoms with van der Waals surface area (Å²) in [6.07, 6.45) is 7.28. The van der Waals surface area contributed by atoms with Gasteiger partial charge in [0.15, 0.2) is 0 Å². The lowest BCUT2D eigenvalue weighted by molar-refractivity contribution is 0.407. The van der Waals surface area contributed by atoms with E-state index < -0.39 is 0 Å². The summed E-state index contributed by atoms with van der Waals surface area (Å²) in [4.78, 5) is 4.38. The number of methoxy groups -OCH3 is 1. The molecular formula is C16H21N3O. The van der Waals surface area contributed by atoms with E-state index >= 15 is 0 Å². The summed E-state index contributed by atoms with van der Waals surface area (Å²) in [5, 5.41) is 3.54. The molecule has 1 heterocycles. The number of benzene rings is 1. The van der Waals surface area contributed by atoms with Crippen molar-refractivity contribution in [2.45, 2.75) is 31.8 Å². The highest BCUT2D eigenvalue weighted by Crippen LogP contribution is 2.24. The van der Waals surface area contributed by atoms with E-state index in [9.17, 15) is 0 Å². The molecule has 0 saturated heterocycles. The summed E-state index contributed by atoms with van der Waals surface area (Å²) >= 11 is 0. The summed E-state index contributed by atoms with van der Waals surface area (Å²) in [5.74, 6) is 2.04. The minimum Gasteiger partial charge on any atom is -0.496 e. The molecule has 2 aromatic rings. The molecule has 0 aliphatic heterocycles. The molecule has 1 N–H and O–H groups in total. The lowest BCUT2D eigenvalue weighted by atomic mass is 10.1. The molecule has 1 fully saturated rings. The quantitative estimate of drug-likeness (QED) is 0.876. The molecule has 1 aromatic carbocycles. The number of hydrogen-bond acceptors (Lipinski definition) is 3. The Morgan fingerprint density at radius 1 is 1.40 bits per heavy atom. The van der Waals surface area contributed by atoms with Gasteiger partial charge in [-0.05, 0) is 24.5 Å². The van der Waals surface area contributed by atoms with Gasteiger partial charge in [-0.1, -0.05) is 12.1 Å². The predicted octanol–water partition coefficient (Wildman–Crippen LogP) is 2.27. The molecule has 1 aliphatic carbocycles. The Morgan fingerprint density at radius 3 is 2.90 bits per heavy atom. The summed E-state index contributed by atoms with van der Waals surface area (Å²) in [6.45, 7) is 0.877. The first-order valence-corrected chi connectivity index (χ1v) is 7.11. The molecular weight excluding hydrogens is 250 g/mol. The number of ether oxygens (including phenoxy) is 1. The zero-order valence-electron chi connectivity index (χ0n) is 12.1. The van der Waals surface area contributed by atoms with Crippen LogP contribution in [0.5, 0.6) is 5.75 Å². The predicted molar refractivity (Wildman–Crippen MR) is 78.9 cm³/mol. The first kappa shape index (κ1) is 13.2. The average Bonchev–Trinajstić information content (AvgIpc) is 3.21. The zero-order valence-corrected chi connectivity index (χ0v) is 12.1. The monoisotopic (exact) mass is 271 g/mol. The smallest absolute Gasteiger partial charge is 0.123 e. The van der Waals surface area contributed by atoms with Crippen molar-refractivity contribution >= 4 is 0 Å². The molecule has 0 atom stereocenters. The van der Waals surface area contributed by atoms with Gasteiger partial charge in [0.05, 0.1) is 7.11 Å². The Morgan fingerprint density at radius 2 is 2.25 bits per heavy atom. The van der Waals surface area contributed by atoms with Crippen LogP contribution in [-0.4, -0.2) is 22.7 Å². The fraction of sp³-hybridized carbons (Fsp3) is 0.438. The summed E-state index contributed by atoms with van der Waals surface area (Å²) in [6, 6.07) is 7.11. The van der Waals surface area contributed by atoms with E-state index in [4.69, 9.17) is 4.74 Å². The summed E-state index contributed by atoms with van der Waals surface area (Å²) in [7, 11) is 3.76. The number of aryl methyl sites for hydroxylation is 1. The topological polar surface area (TPSA) is 39.1 Å². The maximum absolute atomic E-state index is 5.45. The Kier molecular flexibility index (Phi) is 3.74. The van der Waals surface area contributed by atoms with Crippen molar-refractivity contribution in [1.29, 1.82) is 0 Å². The Bertz CT molecular complexity index is 587. The molecule has 0 amide bonds. The molecule has 1 saturated carbocycles. The molecule has 20 heavy (non-hydrogen) atoms. The first-order chi connectivity index (χ1) is 9.76. The number of imidazole rings is 1. The van der Waals surface area contributed by atoms with Crippen LogP contribution in [0.4, 0.5) is 0 Å². The van der Waals surface area contributed by atoms with Crippen LogP contribution in [0.1, 0.15) is 29.8 Å². The number of nitrogens with one attached hydrogen (secondary N) is 1. The third kappa shape index (κ3) is 3.02. The van der Waals surface area contributed by atoms with Gasteiger partial charge in [0.1, 0.15) is 11.6 Å². The van der Waals surface area contributed by atoms with Crippen LogP contribution in [0, 0.1) is 0 Å².